The van der Waals surface area contributed by atoms with Crippen molar-refractivity contribution in [3.8, 4) is 5.75 Å². The first-order valence-electron chi connectivity index (χ1n) is 12.2. The van der Waals surface area contributed by atoms with Gasteiger partial charge in [0, 0.05) is 35.6 Å². The molecule has 1 aliphatic rings. The molecular weight excluding hydrogens is 504 g/mol. The second kappa shape index (κ2) is 13.2. The number of allylic oxidation sites excluding steroid dienone is 1. The Hall–Kier alpha value is -4.64. The molecule has 0 saturated carbocycles. The van der Waals surface area contributed by atoms with Gasteiger partial charge in [0.15, 0.2) is 11.3 Å². The van der Waals surface area contributed by atoms with E-state index in [1.807, 2.05) is 56.3 Å². The predicted octanol–water partition coefficient (Wildman–Crippen LogP) is 3.73. The number of H-pyrrole nitrogens is 1. The number of ether oxygens (including phenoxy) is 3. The Morgan fingerprint density at radius 3 is 2.69 bits per heavy atom. The fraction of sp³-hybridized carbons (Fsp3) is 0.286. The van der Waals surface area contributed by atoms with Crippen LogP contribution < -0.4 is 10.1 Å². The number of carbonyl (C=O) groups excluding carboxylic acids is 2. The monoisotopic (exact) mass is 536 g/mol. The van der Waals surface area contributed by atoms with Crippen LogP contribution in [0.15, 0.2) is 59.9 Å². The molecule has 4 rings (SSSR count). The zero-order chi connectivity index (χ0) is 28.5. The van der Waals surface area contributed by atoms with Crippen molar-refractivity contribution in [2.75, 3.05) is 32.6 Å². The van der Waals surface area contributed by atoms with Gasteiger partial charge in [-0.1, -0.05) is 0 Å². The molecule has 3 N–H and O–H groups in total. The number of hydrogen-bond acceptors (Lipinski definition) is 9. The van der Waals surface area contributed by atoms with Gasteiger partial charge in [0.25, 0.3) is 6.47 Å². The Labute approximate surface area is 226 Å². The number of pyridine rings is 1. The second-order valence-electron chi connectivity index (χ2n) is 9.10. The number of ketones is 1. The van der Waals surface area contributed by atoms with Crippen molar-refractivity contribution in [1.82, 2.24) is 14.9 Å². The van der Waals surface area contributed by atoms with Crippen molar-refractivity contribution in [2.45, 2.75) is 26.9 Å². The first kappa shape index (κ1) is 28.9. The second-order valence-corrected chi connectivity index (χ2v) is 9.10. The van der Waals surface area contributed by atoms with Gasteiger partial charge in [-0.25, -0.2) is 9.78 Å². The molecule has 11 heteroatoms. The number of Topliss-reactive ketones (excluding diaryl/α,β-unsaturated/α-hetero) is 1. The quantitative estimate of drug-likeness (QED) is 0.160. The van der Waals surface area contributed by atoms with E-state index >= 15 is 0 Å². The van der Waals surface area contributed by atoms with Crippen molar-refractivity contribution < 1.29 is 33.7 Å². The van der Waals surface area contributed by atoms with Gasteiger partial charge in [-0.05, 0) is 76.8 Å². The highest BCUT2D eigenvalue weighted by Crippen LogP contribution is 2.32. The van der Waals surface area contributed by atoms with Crippen molar-refractivity contribution in [2.24, 2.45) is 0 Å². The van der Waals surface area contributed by atoms with Gasteiger partial charge in [-0.15, -0.1) is 0 Å². The van der Waals surface area contributed by atoms with Crippen LogP contribution in [0.3, 0.4) is 0 Å². The van der Waals surface area contributed by atoms with Crippen LogP contribution in [0.1, 0.15) is 25.0 Å². The molecule has 0 atom stereocenters. The standard InChI is InChI=1S/C27H30N4O5.CH2O2/c1-16(2)35-27(33)23-24(32)22(14-18-15-29-25-20(18)7-6-10-28-25)36-26(23)30-21-9-8-19(13-17(21)3)34-12-11-31(4)5;2-1-3/h6-10,13-16,30H,11-12H2,1-5H3,(H,28,29);1H,(H,2,3). The average Bonchev–Trinajstić information content (AvgIpc) is 3.41. The number of anilines is 1. The van der Waals surface area contributed by atoms with E-state index in [9.17, 15) is 9.59 Å². The summed E-state index contributed by atoms with van der Waals surface area (Å²) in [6.45, 7) is 6.46. The molecule has 11 nitrogen and oxygen atoms in total. The molecular formula is C28H32N4O7. The van der Waals surface area contributed by atoms with Crippen LogP contribution in [0.4, 0.5) is 5.69 Å². The fourth-order valence-electron chi connectivity index (χ4n) is 3.65. The van der Waals surface area contributed by atoms with E-state index in [1.54, 1.807) is 32.3 Å². The highest BCUT2D eigenvalue weighted by molar-refractivity contribution is 6.27. The summed E-state index contributed by atoms with van der Waals surface area (Å²) in [7, 11) is 3.97. The summed E-state index contributed by atoms with van der Waals surface area (Å²) in [6, 6.07) is 9.22. The molecule has 2 aromatic heterocycles. The van der Waals surface area contributed by atoms with Gasteiger partial charge in [0.2, 0.25) is 11.7 Å². The number of hydrogen-bond donors (Lipinski definition) is 3. The van der Waals surface area contributed by atoms with Crippen LogP contribution in [-0.2, 0) is 23.9 Å². The summed E-state index contributed by atoms with van der Waals surface area (Å²) in [4.78, 5) is 43.8. The third-order valence-electron chi connectivity index (χ3n) is 5.46. The molecule has 0 saturated heterocycles. The zero-order valence-electron chi connectivity index (χ0n) is 22.5. The largest absolute Gasteiger partial charge is 0.492 e. The normalized spacial score (nSPS) is 13.9. The van der Waals surface area contributed by atoms with E-state index in [1.165, 1.54) is 0 Å². The summed E-state index contributed by atoms with van der Waals surface area (Å²) in [5, 5.41) is 10.8. The number of fused-ring (bicyclic) bond motifs is 1. The lowest BCUT2D eigenvalue weighted by Gasteiger charge is -2.14. The highest BCUT2D eigenvalue weighted by atomic mass is 16.5. The van der Waals surface area contributed by atoms with E-state index in [0.717, 1.165) is 28.8 Å². The third kappa shape index (κ3) is 7.45. The molecule has 0 radical (unpaired) electrons. The lowest BCUT2D eigenvalue weighted by atomic mass is 10.1. The summed E-state index contributed by atoms with van der Waals surface area (Å²) in [5.41, 5.74) is 2.75. The predicted molar refractivity (Wildman–Crippen MR) is 146 cm³/mol. The van der Waals surface area contributed by atoms with Crippen molar-refractivity contribution >= 4 is 41.0 Å². The van der Waals surface area contributed by atoms with E-state index in [0.29, 0.717) is 17.9 Å². The molecule has 3 heterocycles. The highest BCUT2D eigenvalue weighted by Gasteiger charge is 2.37. The van der Waals surface area contributed by atoms with E-state index in [4.69, 9.17) is 24.1 Å². The van der Waals surface area contributed by atoms with Crippen molar-refractivity contribution in [3.05, 3.63) is 71.1 Å². The number of likely N-dealkylation sites (N-methyl/N-ethyl adjacent to an activating group) is 1. The number of carboxylic acid groups (broad SMARTS) is 1. The number of benzene rings is 1. The van der Waals surface area contributed by atoms with Crippen LogP contribution in [0, 0.1) is 6.92 Å². The Balaban J connectivity index is 0.00000134. The van der Waals surface area contributed by atoms with Crippen LogP contribution in [0.25, 0.3) is 17.1 Å². The molecule has 0 unspecified atom stereocenters. The Morgan fingerprint density at radius 1 is 1.28 bits per heavy atom. The van der Waals surface area contributed by atoms with Crippen molar-refractivity contribution in [1.29, 1.82) is 0 Å². The van der Waals surface area contributed by atoms with Gasteiger partial charge >= 0.3 is 5.97 Å². The number of rotatable bonds is 9. The number of aromatic amines is 1. The van der Waals surface area contributed by atoms with Gasteiger partial charge in [-0.3, -0.25) is 9.59 Å². The number of aryl methyl sites for hydroxylation is 1. The summed E-state index contributed by atoms with van der Waals surface area (Å²) in [5.74, 6) is -0.533. The van der Waals surface area contributed by atoms with Gasteiger partial charge in [0.05, 0.1) is 6.10 Å². The van der Waals surface area contributed by atoms with Crippen LogP contribution in [-0.4, -0.2) is 71.6 Å². The minimum absolute atomic E-state index is 0.0132. The molecule has 0 amide bonds. The van der Waals surface area contributed by atoms with Crippen molar-refractivity contribution in [3.63, 3.8) is 0 Å². The molecule has 1 aromatic carbocycles. The minimum atomic E-state index is -0.747. The van der Waals surface area contributed by atoms with Gasteiger partial charge < -0.3 is 34.5 Å². The summed E-state index contributed by atoms with van der Waals surface area (Å²) < 4.78 is 17.0. The lowest BCUT2D eigenvalue weighted by Crippen LogP contribution is -2.19. The molecule has 206 valence electrons. The average molecular weight is 537 g/mol. The fourth-order valence-corrected chi connectivity index (χ4v) is 3.65. The topological polar surface area (TPSA) is 143 Å². The van der Waals surface area contributed by atoms with Crippen LogP contribution >= 0.6 is 0 Å². The summed E-state index contributed by atoms with van der Waals surface area (Å²) >= 11 is 0. The van der Waals surface area contributed by atoms with E-state index in [-0.39, 0.29) is 23.7 Å². The Kier molecular flexibility index (Phi) is 9.82. The first-order chi connectivity index (χ1) is 18.6. The number of esters is 1. The molecule has 0 spiro atoms. The lowest BCUT2D eigenvalue weighted by molar-refractivity contribution is -0.143. The minimum Gasteiger partial charge on any atom is -0.492 e. The maximum absolute atomic E-state index is 13.3. The van der Waals surface area contributed by atoms with E-state index < -0.39 is 17.9 Å². The number of aromatic nitrogens is 2. The van der Waals surface area contributed by atoms with Gasteiger partial charge in [-0.2, -0.15) is 0 Å². The van der Waals surface area contributed by atoms with E-state index in [2.05, 4.69) is 15.3 Å². The third-order valence-corrected chi connectivity index (χ3v) is 5.46. The molecule has 1 aliphatic heterocycles. The van der Waals surface area contributed by atoms with Crippen LogP contribution in [0.5, 0.6) is 5.75 Å². The number of nitrogens with one attached hydrogen (secondary N) is 2. The molecule has 39 heavy (non-hydrogen) atoms. The maximum Gasteiger partial charge on any atom is 0.348 e. The Bertz CT molecular complexity index is 1410. The first-order valence-corrected chi connectivity index (χ1v) is 12.2. The summed E-state index contributed by atoms with van der Waals surface area (Å²) in [6.07, 6.45) is 4.61. The Morgan fingerprint density at radius 2 is 2.03 bits per heavy atom. The SMILES string of the molecule is Cc1cc(OCCN(C)C)ccc1NC1=C(C(=O)OC(C)C)C(=O)C(=Cc2c[nH]c3ncccc23)O1.O=CO. The van der Waals surface area contributed by atoms with Crippen LogP contribution in [0.2, 0.25) is 0 Å². The zero-order valence-corrected chi connectivity index (χ0v) is 22.5. The smallest absolute Gasteiger partial charge is 0.348 e. The molecule has 0 fully saturated rings. The van der Waals surface area contributed by atoms with Gasteiger partial charge in [0.1, 0.15) is 18.0 Å². The maximum atomic E-state index is 13.3. The number of carbonyl (C=O) groups is 3. The molecule has 3 aromatic rings. The number of nitrogens with zero attached hydrogens (tertiary/aromatic N) is 2. The molecule has 0 bridgehead atoms. The molecule has 0 aliphatic carbocycles.